The zero-order valence-corrected chi connectivity index (χ0v) is 45.9. The van der Waals surface area contributed by atoms with Crippen molar-refractivity contribution in [2.24, 2.45) is 0 Å². The van der Waals surface area contributed by atoms with E-state index >= 15 is 0 Å². The summed E-state index contributed by atoms with van der Waals surface area (Å²) in [5.41, 5.74) is 23.7. The van der Waals surface area contributed by atoms with Gasteiger partial charge in [-0.25, -0.2) is 9.97 Å². The molecule has 4 heterocycles. The van der Waals surface area contributed by atoms with Gasteiger partial charge in [-0.2, -0.15) is 0 Å². The summed E-state index contributed by atoms with van der Waals surface area (Å²) in [5, 5.41) is 7.18. The lowest BCUT2D eigenvalue weighted by Gasteiger charge is -2.24. The van der Waals surface area contributed by atoms with E-state index in [1.54, 1.807) is 0 Å². The number of aryl methyl sites for hydroxylation is 2. The molecule has 16 rings (SSSR count). The molecule has 0 atom stereocenters. The van der Waals surface area contributed by atoms with Crippen LogP contribution >= 0.6 is 0 Å². The largest absolute Gasteiger partial charge is 0.309 e. The average Bonchev–Trinajstić information content (AvgIpc) is 3.99. The third kappa shape index (κ3) is 7.92. The Labute approximate surface area is 480 Å². The molecule has 83 heavy (non-hydrogen) atoms. The van der Waals surface area contributed by atoms with Crippen LogP contribution in [0.1, 0.15) is 11.1 Å². The van der Waals surface area contributed by atoms with E-state index in [2.05, 4.69) is 307 Å². The molecule has 390 valence electrons. The smallest absolute Gasteiger partial charge is 0.160 e. The molecule has 0 saturated heterocycles. The first-order chi connectivity index (χ1) is 41.0. The van der Waals surface area contributed by atoms with Gasteiger partial charge in [0.05, 0.1) is 61.6 Å². The third-order valence-electron chi connectivity index (χ3n) is 16.7. The molecule has 0 aliphatic rings. The summed E-state index contributed by atoms with van der Waals surface area (Å²) in [4.78, 5) is 10.9. The number of rotatable bonds is 9. The molecule has 12 aromatic carbocycles. The van der Waals surface area contributed by atoms with Gasteiger partial charge in [-0.05, 0) is 97.8 Å². The van der Waals surface area contributed by atoms with E-state index in [4.69, 9.17) is 9.97 Å². The van der Waals surface area contributed by atoms with Gasteiger partial charge in [-0.1, -0.05) is 223 Å². The van der Waals surface area contributed by atoms with Gasteiger partial charge >= 0.3 is 0 Å². The average molecular weight is 1060 g/mol. The highest BCUT2D eigenvalue weighted by molar-refractivity contribution is 6.14. The Morgan fingerprint density at radius 2 is 0.627 bits per heavy atom. The first kappa shape index (κ1) is 48.1. The monoisotopic (exact) mass is 1060 g/mol. The van der Waals surface area contributed by atoms with E-state index in [1.165, 1.54) is 54.6 Å². The first-order valence-corrected chi connectivity index (χ1v) is 28.5. The lowest BCUT2D eigenvalue weighted by Crippen LogP contribution is -2.06. The summed E-state index contributed by atoms with van der Waals surface area (Å²) >= 11 is 0. The van der Waals surface area contributed by atoms with Gasteiger partial charge in [0.2, 0.25) is 0 Å². The Hall–Kier alpha value is -10.9. The highest BCUT2D eigenvalue weighted by atomic mass is 15.0. The second-order valence-corrected chi connectivity index (χ2v) is 21.8. The van der Waals surface area contributed by atoms with E-state index in [0.717, 1.165) is 100 Å². The van der Waals surface area contributed by atoms with E-state index in [0.29, 0.717) is 5.82 Å². The van der Waals surface area contributed by atoms with Crippen molar-refractivity contribution < 1.29 is 0 Å². The van der Waals surface area contributed by atoms with Gasteiger partial charge < -0.3 is 13.7 Å². The van der Waals surface area contributed by atoms with E-state index in [1.807, 2.05) is 6.07 Å². The van der Waals surface area contributed by atoms with Crippen molar-refractivity contribution in [2.45, 2.75) is 13.8 Å². The van der Waals surface area contributed by atoms with Crippen molar-refractivity contribution in [1.29, 1.82) is 0 Å². The standard InChI is InChI=1S/C78H53N5/c1-50-43-51(2)45-55(44-50)54-41-42-76-64(46-54)61-31-13-22-40-75(61)83(76)77-65(62-32-14-20-38-73(62)81-69-34-16-9-27-57(69)58-28-10-17-35-70(58)81)47-56(68-49-67(52-23-5-3-6-24-52)79-78(80-68)53-25-7-4-8-26-53)48-66(77)63-33-15-21-39-74(63)82-71-36-18-11-29-59(71)60-30-12-19-37-72(60)82/h3-49H,1-2H3. The van der Waals surface area contributed by atoms with Crippen molar-refractivity contribution in [3.8, 4) is 84.3 Å². The fourth-order valence-corrected chi connectivity index (χ4v) is 13.2. The molecule has 0 saturated carbocycles. The Bertz CT molecular complexity index is 4870. The first-order valence-electron chi connectivity index (χ1n) is 28.5. The van der Waals surface area contributed by atoms with Gasteiger partial charge in [-0.3, -0.25) is 0 Å². The maximum absolute atomic E-state index is 5.59. The number of fused-ring (bicyclic) bond motifs is 9. The zero-order valence-electron chi connectivity index (χ0n) is 45.9. The molecule has 5 nitrogen and oxygen atoms in total. The number of benzene rings is 12. The molecule has 0 aliphatic carbocycles. The van der Waals surface area contributed by atoms with Crippen LogP contribution in [0.2, 0.25) is 0 Å². The summed E-state index contributed by atoms with van der Waals surface area (Å²) in [6.07, 6.45) is 0. The minimum absolute atomic E-state index is 0.660. The maximum atomic E-state index is 5.59. The van der Waals surface area contributed by atoms with Crippen LogP contribution < -0.4 is 0 Å². The van der Waals surface area contributed by atoms with Crippen molar-refractivity contribution in [3.63, 3.8) is 0 Å². The molecule has 0 unspecified atom stereocenters. The molecule has 16 aromatic rings. The van der Waals surface area contributed by atoms with Gasteiger partial charge in [-0.15, -0.1) is 0 Å². The molecule has 0 fully saturated rings. The zero-order chi connectivity index (χ0) is 55.1. The number of hydrogen-bond acceptors (Lipinski definition) is 2. The van der Waals surface area contributed by atoms with Crippen LogP contribution in [0.4, 0.5) is 0 Å². The van der Waals surface area contributed by atoms with Crippen LogP contribution in [0, 0.1) is 13.8 Å². The second kappa shape index (κ2) is 19.4. The minimum atomic E-state index is 0.660. The molecular weight excluding hydrogens is 1010 g/mol. The van der Waals surface area contributed by atoms with Gasteiger partial charge in [0.25, 0.3) is 0 Å². The topological polar surface area (TPSA) is 40.6 Å². The molecule has 0 aliphatic heterocycles. The number of hydrogen-bond donors (Lipinski definition) is 0. The van der Waals surface area contributed by atoms with E-state index < -0.39 is 0 Å². The molecule has 0 radical (unpaired) electrons. The van der Waals surface area contributed by atoms with Gasteiger partial charge in [0, 0.05) is 71.3 Å². The SMILES string of the molecule is Cc1cc(C)cc(-c2ccc3c(c2)c2ccccc2n3-c2c(-c3ccccc3-n3c4ccccc4c4ccccc43)cc(-c3cc(-c4ccccc4)nc(-c4ccccc4)n3)cc2-c2ccccc2-n2c3ccccc3c3ccccc32)c1. The van der Waals surface area contributed by atoms with Crippen LogP contribution in [-0.2, 0) is 0 Å². The predicted octanol–water partition coefficient (Wildman–Crippen LogP) is 20.4. The van der Waals surface area contributed by atoms with Crippen LogP contribution in [-0.4, -0.2) is 23.7 Å². The molecule has 5 heteroatoms. The van der Waals surface area contributed by atoms with Crippen LogP contribution in [0.5, 0.6) is 0 Å². The predicted molar refractivity (Wildman–Crippen MR) is 347 cm³/mol. The number of aromatic nitrogens is 5. The lowest BCUT2D eigenvalue weighted by molar-refractivity contribution is 1.15. The van der Waals surface area contributed by atoms with Gasteiger partial charge in [0.15, 0.2) is 5.82 Å². The second-order valence-electron chi connectivity index (χ2n) is 21.8. The highest BCUT2D eigenvalue weighted by Gasteiger charge is 2.27. The summed E-state index contributed by atoms with van der Waals surface area (Å²) in [6, 6.07) is 104. The molecule has 0 spiro atoms. The normalized spacial score (nSPS) is 11.7. The fraction of sp³-hybridized carbons (Fsp3) is 0.0256. The van der Waals surface area contributed by atoms with Crippen LogP contribution in [0.15, 0.2) is 285 Å². The summed E-state index contributed by atoms with van der Waals surface area (Å²) in [6.45, 7) is 4.38. The Kier molecular flexibility index (Phi) is 11.3. The van der Waals surface area contributed by atoms with Crippen molar-refractivity contribution in [3.05, 3.63) is 296 Å². The van der Waals surface area contributed by atoms with Crippen molar-refractivity contribution in [2.75, 3.05) is 0 Å². The van der Waals surface area contributed by atoms with Crippen molar-refractivity contribution in [1.82, 2.24) is 23.7 Å². The Morgan fingerprint density at radius 3 is 1.12 bits per heavy atom. The Morgan fingerprint density at radius 1 is 0.241 bits per heavy atom. The summed E-state index contributed by atoms with van der Waals surface area (Å²) in [7, 11) is 0. The van der Waals surface area contributed by atoms with Crippen LogP contribution in [0.3, 0.4) is 0 Å². The minimum Gasteiger partial charge on any atom is -0.309 e. The molecule has 0 bridgehead atoms. The van der Waals surface area contributed by atoms with E-state index in [-0.39, 0.29) is 0 Å². The summed E-state index contributed by atoms with van der Waals surface area (Å²) in [5.74, 6) is 0.660. The van der Waals surface area contributed by atoms with E-state index in [9.17, 15) is 0 Å². The van der Waals surface area contributed by atoms with Gasteiger partial charge in [0.1, 0.15) is 0 Å². The third-order valence-corrected chi connectivity index (χ3v) is 16.7. The summed E-state index contributed by atoms with van der Waals surface area (Å²) < 4.78 is 7.49. The van der Waals surface area contributed by atoms with Crippen LogP contribution in [0.25, 0.3) is 150 Å². The lowest BCUT2D eigenvalue weighted by atomic mass is 9.90. The van der Waals surface area contributed by atoms with Crippen molar-refractivity contribution >= 4 is 65.4 Å². The Balaban J connectivity index is 1.09. The molecule has 0 amide bonds. The molecule has 0 N–H and O–H groups in total. The fourth-order valence-electron chi connectivity index (χ4n) is 13.2. The number of para-hydroxylation sites is 7. The molecule has 4 aromatic heterocycles. The molecular formula is C78H53N5. The highest BCUT2D eigenvalue weighted by Crippen LogP contribution is 2.49. The quantitative estimate of drug-likeness (QED) is 0.145. The maximum Gasteiger partial charge on any atom is 0.160 e. The number of nitrogens with zero attached hydrogens (tertiary/aromatic N) is 5.